The largest absolute Gasteiger partial charge is 0.354 e. The van der Waals surface area contributed by atoms with Crippen LogP contribution in [-0.4, -0.2) is 33.2 Å². The number of nitrogens with one attached hydrogen (secondary N) is 1. The first-order chi connectivity index (χ1) is 13.1. The third-order valence-corrected chi connectivity index (χ3v) is 5.34. The van der Waals surface area contributed by atoms with Gasteiger partial charge < -0.3 is 5.32 Å². The Morgan fingerprint density at radius 1 is 1.07 bits per heavy atom. The Balaban J connectivity index is 2.01. The van der Waals surface area contributed by atoms with Gasteiger partial charge in [-0.2, -0.15) is 0 Å². The molecule has 152 valence electrons. The van der Waals surface area contributed by atoms with Crippen LogP contribution >= 0.6 is 0 Å². The van der Waals surface area contributed by atoms with Crippen LogP contribution in [0.3, 0.4) is 0 Å². The maximum atomic E-state index is 13.5. The zero-order valence-electron chi connectivity index (χ0n) is 15.5. The van der Waals surface area contributed by atoms with Crippen molar-refractivity contribution in [3.05, 3.63) is 65.5 Å². The summed E-state index contributed by atoms with van der Waals surface area (Å²) in [6, 6.07) is 7.46. The van der Waals surface area contributed by atoms with Gasteiger partial charge in [0.2, 0.25) is 15.9 Å². The first-order valence-corrected chi connectivity index (χ1v) is 10.4. The highest BCUT2D eigenvalue weighted by Crippen LogP contribution is 2.23. The number of halogens is 3. The summed E-state index contributed by atoms with van der Waals surface area (Å²) < 4.78 is 64.5. The molecule has 0 fully saturated rings. The van der Waals surface area contributed by atoms with Crippen molar-refractivity contribution in [3.63, 3.8) is 0 Å². The minimum absolute atomic E-state index is 0.143. The highest BCUT2D eigenvalue weighted by atomic mass is 32.2. The molecule has 1 atom stereocenters. The van der Waals surface area contributed by atoms with Crippen LogP contribution in [0.2, 0.25) is 0 Å². The van der Waals surface area contributed by atoms with E-state index in [2.05, 4.69) is 5.32 Å². The lowest BCUT2D eigenvalue weighted by atomic mass is 10.1. The summed E-state index contributed by atoms with van der Waals surface area (Å²) >= 11 is 0. The molecule has 2 aromatic rings. The van der Waals surface area contributed by atoms with Gasteiger partial charge in [-0.25, -0.2) is 21.6 Å². The number of nitrogens with zero attached hydrogens (tertiary/aromatic N) is 1. The fraction of sp³-hybridized carbons (Fsp3) is 0.316. The van der Waals surface area contributed by atoms with Crippen molar-refractivity contribution in [1.29, 1.82) is 0 Å². The molecule has 0 bridgehead atoms. The van der Waals surface area contributed by atoms with Crippen LogP contribution in [0.15, 0.2) is 42.5 Å². The van der Waals surface area contributed by atoms with E-state index in [0.717, 1.165) is 34.3 Å². The van der Waals surface area contributed by atoms with Crippen LogP contribution < -0.4 is 9.62 Å². The van der Waals surface area contributed by atoms with Gasteiger partial charge in [-0.3, -0.25) is 9.10 Å². The average Bonchev–Trinajstić information content (AvgIpc) is 2.62. The molecule has 0 aliphatic carbocycles. The number of rotatable bonds is 8. The summed E-state index contributed by atoms with van der Waals surface area (Å²) in [6.07, 6.45) is 2.05. The van der Waals surface area contributed by atoms with Gasteiger partial charge in [0.1, 0.15) is 11.9 Å². The number of hydrogen-bond donors (Lipinski definition) is 1. The lowest BCUT2D eigenvalue weighted by Crippen LogP contribution is -2.48. The van der Waals surface area contributed by atoms with Crippen LogP contribution in [0, 0.1) is 17.5 Å². The van der Waals surface area contributed by atoms with Gasteiger partial charge in [0.05, 0.1) is 11.9 Å². The number of carbonyl (C=O) groups is 1. The Kier molecular flexibility index (Phi) is 7.06. The lowest BCUT2D eigenvalue weighted by Gasteiger charge is -2.28. The second-order valence-corrected chi connectivity index (χ2v) is 8.21. The van der Waals surface area contributed by atoms with E-state index in [1.54, 1.807) is 12.1 Å². The Morgan fingerprint density at radius 2 is 1.71 bits per heavy atom. The molecule has 1 N–H and O–H groups in total. The van der Waals surface area contributed by atoms with Gasteiger partial charge in [0, 0.05) is 12.6 Å². The van der Waals surface area contributed by atoms with E-state index in [4.69, 9.17) is 0 Å². The molecule has 0 saturated heterocycles. The number of aryl methyl sites for hydroxylation is 1. The van der Waals surface area contributed by atoms with E-state index in [0.29, 0.717) is 12.8 Å². The maximum Gasteiger partial charge on any atom is 0.243 e. The van der Waals surface area contributed by atoms with E-state index in [9.17, 15) is 26.4 Å². The fourth-order valence-corrected chi connectivity index (χ4v) is 3.90. The van der Waals surface area contributed by atoms with Crippen LogP contribution in [-0.2, 0) is 21.2 Å². The Morgan fingerprint density at radius 3 is 2.29 bits per heavy atom. The summed E-state index contributed by atoms with van der Waals surface area (Å²) in [7, 11) is -3.92. The summed E-state index contributed by atoms with van der Waals surface area (Å²) in [4.78, 5) is 12.4. The molecule has 0 aliphatic rings. The van der Waals surface area contributed by atoms with Crippen molar-refractivity contribution in [1.82, 2.24) is 5.32 Å². The van der Waals surface area contributed by atoms with Crippen molar-refractivity contribution >= 4 is 21.6 Å². The Hall–Kier alpha value is -2.55. The van der Waals surface area contributed by atoms with Crippen molar-refractivity contribution in [2.24, 2.45) is 0 Å². The zero-order valence-corrected chi connectivity index (χ0v) is 16.3. The quantitative estimate of drug-likeness (QED) is 0.676. The van der Waals surface area contributed by atoms with Crippen molar-refractivity contribution in [2.75, 3.05) is 17.1 Å². The highest BCUT2D eigenvalue weighted by molar-refractivity contribution is 7.92. The predicted molar refractivity (Wildman–Crippen MR) is 101 cm³/mol. The molecule has 5 nitrogen and oxygen atoms in total. The molecule has 2 aromatic carbocycles. The number of hydrogen-bond acceptors (Lipinski definition) is 3. The van der Waals surface area contributed by atoms with Gasteiger partial charge in [-0.15, -0.1) is 0 Å². The minimum Gasteiger partial charge on any atom is -0.354 e. The molecule has 0 unspecified atom stereocenters. The number of anilines is 1. The summed E-state index contributed by atoms with van der Waals surface area (Å²) in [5.74, 6) is -3.23. The van der Waals surface area contributed by atoms with Crippen LogP contribution in [0.1, 0.15) is 18.9 Å². The molecule has 0 heterocycles. The molecular weight excluding hydrogens is 393 g/mol. The van der Waals surface area contributed by atoms with Crippen molar-refractivity contribution < 1.29 is 26.4 Å². The number of amides is 1. The predicted octanol–water partition coefficient (Wildman–Crippen LogP) is 3.01. The van der Waals surface area contributed by atoms with Crippen LogP contribution in [0.25, 0.3) is 0 Å². The van der Waals surface area contributed by atoms with Crippen molar-refractivity contribution in [2.45, 2.75) is 25.8 Å². The average molecular weight is 414 g/mol. The van der Waals surface area contributed by atoms with Crippen LogP contribution in [0.5, 0.6) is 0 Å². The second kappa shape index (κ2) is 9.09. The number of carbonyl (C=O) groups excluding carboxylic acids is 1. The van der Waals surface area contributed by atoms with E-state index in [1.165, 1.54) is 19.1 Å². The molecule has 0 radical (unpaired) electrons. The molecular formula is C19H21F3N2O3S. The van der Waals surface area contributed by atoms with E-state index >= 15 is 0 Å². The molecule has 1 amide bonds. The number of benzene rings is 2. The SMILES string of the molecule is C[C@H](C(=O)NCCCc1ccc(F)cc1)N(c1ccc(F)c(F)c1)S(C)(=O)=O. The van der Waals surface area contributed by atoms with Gasteiger partial charge in [0.15, 0.2) is 11.6 Å². The highest BCUT2D eigenvalue weighted by Gasteiger charge is 2.29. The monoisotopic (exact) mass is 414 g/mol. The summed E-state index contributed by atoms with van der Waals surface area (Å²) in [5.41, 5.74) is 0.763. The van der Waals surface area contributed by atoms with Gasteiger partial charge in [-0.05, 0) is 49.6 Å². The second-order valence-electron chi connectivity index (χ2n) is 6.35. The minimum atomic E-state index is -3.92. The summed E-state index contributed by atoms with van der Waals surface area (Å²) in [5, 5.41) is 2.63. The lowest BCUT2D eigenvalue weighted by molar-refractivity contribution is -0.121. The Labute approximate surface area is 162 Å². The van der Waals surface area contributed by atoms with Gasteiger partial charge in [-0.1, -0.05) is 12.1 Å². The molecule has 0 spiro atoms. The maximum absolute atomic E-state index is 13.5. The van der Waals surface area contributed by atoms with Gasteiger partial charge in [0.25, 0.3) is 0 Å². The molecule has 9 heteroatoms. The molecule has 28 heavy (non-hydrogen) atoms. The summed E-state index contributed by atoms with van der Waals surface area (Å²) in [6.45, 7) is 1.63. The smallest absolute Gasteiger partial charge is 0.243 e. The molecule has 0 aliphatic heterocycles. The third-order valence-electron chi connectivity index (χ3n) is 4.10. The zero-order chi connectivity index (χ0) is 20.9. The molecule has 0 aromatic heterocycles. The van der Waals surface area contributed by atoms with E-state index in [1.807, 2.05) is 0 Å². The fourth-order valence-electron chi connectivity index (χ4n) is 2.73. The van der Waals surface area contributed by atoms with Gasteiger partial charge >= 0.3 is 0 Å². The first-order valence-electron chi connectivity index (χ1n) is 8.56. The van der Waals surface area contributed by atoms with Crippen LogP contribution in [0.4, 0.5) is 18.9 Å². The standard InChI is InChI=1S/C19H21F3N2O3S/c1-13(19(25)23-11-3-4-14-5-7-15(20)8-6-14)24(28(2,26)27)16-9-10-17(21)18(22)12-16/h5-10,12-13H,3-4,11H2,1-2H3,(H,23,25)/t13-/m1/s1. The van der Waals surface area contributed by atoms with Crippen molar-refractivity contribution in [3.8, 4) is 0 Å². The molecule has 2 rings (SSSR count). The van der Waals surface area contributed by atoms with E-state index in [-0.39, 0.29) is 18.0 Å². The Bertz CT molecular complexity index is 934. The van der Waals surface area contributed by atoms with E-state index < -0.39 is 33.6 Å². The topological polar surface area (TPSA) is 66.5 Å². The first kappa shape index (κ1) is 21.7. The molecule has 0 saturated carbocycles. The normalized spacial score (nSPS) is 12.5. The third kappa shape index (κ3) is 5.72. The number of sulfonamides is 1.